The fraction of sp³-hybridized carbons (Fsp3) is 0.932. The van der Waals surface area contributed by atoms with Crippen molar-refractivity contribution in [2.24, 2.45) is 0 Å². The molecule has 0 saturated carbocycles. The lowest BCUT2D eigenvalue weighted by Crippen LogP contribution is -2.45. The molecule has 0 aliphatic carbocycles. The van der Waals surface area contributed by atoms with Crippen molar-refractivity contribution in [2.45, 2.75) is 225 Å². The number of hydrogen-bond acceptors (Lipinski definition) is 6. The number of hydrogen-bond donors (Lipinski definition) is 2. The van der Waals surface area contributed by atoms with Crippen LogP contribution in [0.2, 0.25) is 0 Å². The fourth-order valence-corrected chi connectivity index (χ4v) is 7.35. The van der Waals surface area contributed by atoms with Crippen molar-refractivity contribution < 1.29 is 32.9 Å². The molecule has 0 radical (unpaired) electrons. The highest BCUT2D eigenvalue weighted by atomic mass is 31.2. The number of likely N-dealkylation sites (N-methyl/N-ethyl adjacent to an activating group) is 1. The topological polar surface area (TPSA) is 108 Å². The van der Waals surface area contributed by atoms with Crippen LogP contribution in [-0.2, 0) is 18.4 Å². The summed E-state index contributed by atoms with van der Waals surface area (Å²) in [5, 5.41) is 13.8. The van der Waals surface area contributed by atoms with Crippen LogP contribution in [0.3, 0.4) is 0 Å². The van der Waals surface area contributed by atoms with Crippen LogP contribution in [0.15, 0.2) is 12.2 Å². The number of allylic oxidation sites excluding steroid dienone is 1. The lowest BCUT2D eigenvalue weighted by molar-refractivity contribution is -0.870. The smallest absolute Gasteiger partial charge is 0.268 e. The normalized spacial score (nSPS) is 14.5. The van der Waals surface area contributed by atoms with Crippen molar-refractivity contribution in [1.29, 1.82) is 0 Å². The highest BCUT2D eigenvalue weighted by molar-refractivity contribution is 7.45. The number of nitrogens with zero attached hydrogens (tertiary/aromatic N) is 1. The largest absolute Gasteiger partial charge is 0.756 e. The summed E-state index contributed by atoms with van der Waals surface area (Å²) in [5.74, 6) is -0.198. The number of phosphoric ester groups is 1. The molecular weight excluding hydrogens is 683 g/mol. The second kappa shape index (κ2) is 36.9. The molecule has 8 nitrogen and oxygen atoms in total. The quantitative estimate of drug-likeness (QED) is 0.0277. The van der Waals surface area contributed by atoms with Gasteiger partial charge in [-0.15, -0.1) is 0 Å². The van der Waals surface area contributed by atoms with E-state index < -0.39 is 20.0 Å². The standard InChI is InChI=1S/C44H89N2O6P/c1-6-8-10-12-14-16-18-19-20-21-22-23-24-25-26-27-28-29-31-33-35-37-43(47)42(41-52-53(49,50)51-40-39-46(3,4)5)45-44(48)38-36-34-32-30-17-15-13-11-9-7-2/h35,37,42-43,47H,6-34,36,38-41H2,1-5H3,(H-,45,48,49,50)/b37-35+. The van der Waals surface area contributed by atoms with Crippen LogP contribution >= 0.6 is 7.82 Å². The molecule has 0 bridgehead atoms. The predicted molar refractivity (Wildman–Crippen MR) is 224 cm³/mol. The number of carbonyl (C=O) groups excluding carboxylic acids is 1. The van der Waals surface area contributed by atoms with Gasteiger partial charge in [0, 0.05) is 6.42 Å². The molecule has 0 aliphatic rings. The molecule has 0 heterocycles. The van der Waals surface area contributed by atoms with E-state index in [-0.39, 0.29) is 19.1 Å². The Kier molecular flexibility index (Phi) is 36.3. The number of aliphatic hydroxyl groups is 1. The minimum Gasteiger partial charge on any atom is -0.756 e. The van der Waals surface area contributed by atoms with E-state index in [1.807, 2.05) is 27.2 Å². The van der Waals surface area contributed by atoms with Crippen molar-refractivity contribution in [1.82, 2.24) is 5.32 Å². The summed E-state index contributed by atoms with van der Waals surface area (Å²) in [7, 11) is 1.27. The SMILES string of the molecule is CCCCCCCCCCCCCCCCCCCCC/C=C/C(O)C(COP(=O)([O-])OCC[N+](C)(C)C)NC(=O)CCCCCCCCCCCC. The van der Waals surface area contributed by atoms with Crippen molar-refractivity contribution in [3.63, 3.8) is 0 Å². The molecule has 0 aromatic heterocycles. The van der Waals surface area contributed by atoms with Crippen LogP contribution in [0.1, 0.15) is 213 Å². The number of rotatable bonds is 41. The molecule has 2 N–H and O–H groups in total. The average molecular weight is 773 g/mol. The van der Waals surface area contributed by atoms with Gasteiger partial charge in [0.25, 0.3) is 7.82 Å². The van der Waals surface area contributed by atoms with E-state index in [9.17, 15) is 19.4 Å². The van der Waals surface area contributed by atoms with E-state index in [1.165, 1.54) is 154 Å². The summed E-state index contributed by atoms with van der Waals surface area (Å²) in [6.45, 7) is 4.64. The predicted octanol–water partition coefficient (Wildman–Crippen LogP) is 11.7. The van der Waals surface area contributed by atoms with Gasteiger partial charge in [-0.25, -0.2) is 0 Å². The minimum absolute atomic E-state index is 0.00192. The molecule has 3 atom stereocenters. The number of amides is 1. The Morgan fingerprint density at radius 1 is 0.642 bits per heavy atom. The van der Waals surface area contributed by atoms with Crippen LogP contribution in [0, 0.1) is 0 Å². The number of carbonyl (C=O) groups is 1. The van der Waals surface area contributed by atoms with Crippen LogP contribution in [0.4, 0.5) is 0 Å². The highest BCUT2D eigenvalue weighted by Crippen LogP contribution is 2.38. The highest BCUT2D eigenvalue weighted by Gasteiger charge is 2.23. The van der Waals surface area contributed by atoms with E-state index in [2.05, 4.69) is 19.2 Å². The third-order valence-corrected chi connectivity index (χ3v) is 11.2. The Labute approximate surface area is 329 Å². The van der Waals surface area contributed by atoms with Gasteiger partial charge >= 0.3 is 0 Å². The summed E-state index contributed by atoms with van der Waals surface area (Å²) in [6.07, 6.45) is 41.2. The lowest BCUT2D eigenvalue weighted by atomic mass is 10.0. The fourth-order valence-electron chi connectivity index (χ4n) is 6.62. The van der Waals surface area contributed by atoms with Gasteiger partial charge in [0.15, 0.2) is 0 Å². The molecule has 0 saturated heterocycles. The molecule has 316 valence electrons. The van der Waals surface area contributed by atoms with Gasteiger partial charge in [0.1, 0.15) is 13.2 Å². The zero-order chi connectivity index (χ0) is 39.3. The summed E-state index contributed by atoms with van der Waals surface area (Å²) in [5.41, 5.74) is 0. The number of unbranched alkanes of at least 4 members (excludes halogenated alkanes) is 28. The second-order valence-electron chi connectivity index (χ2n) is 16.8. The Hall–Kier alpha value is -0.760. The van der Waals surface area contributed by atoms with E-state index >= 15 is 0 Å². The monoisotopic (exact) mass is 773 g/mol. The molecular formula is C44H89N2O6P. The summed E-state index contributed by atoms with van der Waals surface area (Å²) in [6, 6.07) is -0.878. The zero-order valence-electron chi connectivity index (χ0n) is 35.7. The second-order valence-corrected chi connectivity index (χ2v) is 18.2. The van der Waals surface area contributed by atoms with Crippen LogP contribution in [-0.4, -0.2) is 68.5 Å². The molecule has 1 amide bonds. The molecule has 9 heteroatoms. The maximum atomic E-state index is 12.8. The third kappa shape index (κ3) is 39.3. The average Bonchev–Trinajstić information content (AvgIpc) is 3.10. The number of nitrogens with one attached hydrogen (secondary N) is 1. The third-order valence-electron chi connectivity index (χ3n) is 10.2. The lowest BCUT2D eigenvalue weighted by Gasteiger charge is -2.29. The molecule has 0 fully saturated rings. The summed E-state index contributed by atoms with van der Waals surface area (Å²) in [4.78, 5) is 25.2. The van der Waals surface area contributed by atoms with Crippen molar-refractivity contribution in [3.8, 4) is 0 Å². The summed E-state index contributed by atoms with van der Waals surface area (Å²) < 4.78 is 23.2. The van der Waals surface area contributed by atoms with Crippen molar-refractivity contribution in [3.05, 3.63) is 12.2 Å². The maximum Gasteiger partial charge on any atom is 0.268 e. The van der Waals surface area contributed by atoms with E-state index in [0.717, 1.165) is 38.5 Å². The minimum atomic E-state index is -4.58. The van der Waals surface area contributed by atoms with Gasteiger partial charge in [0.05, 0.1) is 39.9 Å². The van der Waals surface area contributed by atoms with Gasteiger partial charge in [-0.2, -0.15) is 0 Å². The van der Waals surface area contributed by atoms with Gasteiger partial charge in [-0.05, 0) is 19.3 Å². The molecule has 0 rings (SSSR count). The summed E-state index contributed by atoms with van der Waals surface area (Å²) >= 11 is 0. The van der Waals surface area contributed by atoms with Crippen LogP contribution < -0.4 is 10.2 Å². The van der Waals surface area contributed by atoms with Crippen molar-refractivity contribution >= 4 is 13.7 Å². The van der Waals surface area contributed by atoms with Gasteiger partial charge in [-0.1, -0.05) is 199 Å². The molecule has 0 aliphatic heterocycles. The molecule has 53 heavy (non-hydrogen) atoms. The molecule has 0 aromatic carbocycles. The van der Waals surface area contributed by atoms with Gasteiger partial charge in [0.2, 0.25) is 5.91 Å². The zero-order valence-corrected chi connectivity index (χ0v) is 36.6. The van der Waals surface area contributed by atoms with Gasteiger partial charge in [-0.3, -0.25) is 9.36 Å². The Bertz CT molecular complexity index is 880. The van der Waals surface area contributed by atoms with E-state index in [4.69, 9.17) is 9.05 Å². The Morgan fingerprint density at radius 3 is 1.42 bits per heavy atom. The maximum absolute atomic E-state index is 12.8. The van der Waals surface area contributed by atoms with Gasteiger partial charge < -0.3 is 28.8 Å². The Morgan fingerprint density at radius 2 is 1.02 bits per heavy atom. The molecule has 0 spiro atoms. The molecule has 0 aromatic rings. The number of phosphoric acid groups is 1. The first-order valence-electron chi connectivity index (χ1n) is 22.6. The first-order chi connectivity index (χ1) is 25.5. The molecule has 3 unspecified atom stereocenters. The first-order valence-corrected chi connectivity index (χ1v) is 24.0. The van der Waals surface area contributed by atoms with Crippen LogP contribution in [0.5, 0.6) is 0 Å². The number of quaternary nitrogens is 1. The Balaban J connectivity index is 4.30. The van der Waals surface area contributed by atoms with E-state index in [1.54, 1.807) is 6.08 Å². The number of aliphatic hydroxyl groups excluding tert-OH is 1. The van der Waals surface area contributed by atoms with Crippen LogP contribution in [0.25, 0.3) is 0 Å². The van der Waals surface area contributed by atoms with E-state index in [0.29, 0.717) is 17.4 Å². The first kappa shape index (κ1) is 52.2. The van der Waals surface area contributed by atoms with Crippen molar-refractivity contribution in [2.75, 3.05) is 40.9 Å².